The second-order valence-electron chi connectivity index (χ2n) is 9.76. The third-order valence-corrected chi connectivity index (χ3v) is 7.19. The standard InChI is InChI=1S/C27H28F2N6O3S.ClH/c1-34-7-9-35(10-8-34)21-4-5-22(25(16-21)33-39(2,37)38)27(36)30-26-23-14-17(3-6-24(23)31-32-26)11-18-12-19(28)15-20(29)13-18;/h3-6,12-16,33H,7-11H2,1-2H3,(H2,30,31,32,36);1H. The zero-order chi connectivity index (χ0) is 27.7. The molecule has 4 aromatic rings. The monoisotopic (exact) mass is 590 g/mol. The van der Waals surface area contributed by atoms with Crippen molar-refractivity contribution in [2.75, 3.05) is 54.4 Å². The summed E-state index contributed by atoms with van der Waals surface area (Å²) in [5, 5.41) is 10.4. The molecule has 0 atom stereocenters. The average molecular weight is 591 g/mol. The Morgan fingerprint density at radius 3 is 2.35 bits per heavy atom. The van der Waals surface area contributed by atoms with E-state index in [-0.39, 0.29) is 35.9 Å². The second-order valence-corrected chi connectivity index (χ2v) is 11.5. The molecular formula is C27H29ClF2N6O3S. The maximum Gasteiger partial charge on any atom is 0.259 e. The fraction of sp³-hybridized carbons (Fsp3) is 0.259. The maximum absolute atomic E-state index is 13.6. The summed E-state index contributed by atoms with van der Waals surface area (Å²) in [6.07, 6.45) is 1.31. The van der Waals surface area contributed by atoms with Crippen molar-refractivity contribution in [2.45, 2.75) is 6.42 Å². The van der Waals surface area contributed by atoms with E-state index in [2.05, 4.69) is 30.0 Å². The number of piperazine rings is 1. The molecule has 1 saturated heterocycles. The van der Waals surface area contributed by atoms with Gasteiger partial charge in [-0.25, -0.2) is 17.2 Å². The van der Waals surface area contributed by atoms with Gasteiger partial charge in [0, 0.05) is 43.3 Å². The van der Waals surface area contributed by atoms with Crippen molar-refractivity contribution in [2.24, 2.45) is 0 Å². The zero-order valence-electron chi connectivity index (χ0n) is 21.9. The smallest absolute Gasteiger partial charge is 0.259 e. The third kappa shape index (κ3) is 6.87. The highest BCUT2D eigenvalue weighted by Gasteiger charge is 2.21. The largest absolute Gasteiger partial charge is 0.369 e. The number of anilines is 3. The number of nitrogens with one attached hydrogen (secondary N) is 3. The van der Waals surface area contributed by atoms with Crippen molar-refractivity contribution in [1.82, 2.24) is 15.1 Å². The number of likely N-dealkylation sites (N-methyl/N-ethyl adjacent to an activating group) is 1. The number of carbonyl (C=O) groups is 1. The molecule has 9 nitrogen and oxygen atoms in total. The van der Waals surface area contributed by atoms with Gasteiger partial charge in [0.2, 0.25) is 10.0 Å². The van der Waals surface area contributed by atoms with Crippen molar-refractivity contribution in [3.05, 3.63) is 82.9 Å². The van der Waals surface area contributed by atoms with Crippen LogP contribution in [0.2, 0.25) is 0 Å². The first-order chi connectivity index (χ1) is 18.5. The van der Waals surface area contributed by atoms with Crippen LogP contribution in [-0.2, 0) is 16.4 Å². The fourth-order valence-corrected chi connectivity index (χ4v) is 5.23. The number of carbonyl (C=O) groups excluding carboxylic acids is 1. The van der Waals surface area contributed by atoms with Gasteiger partial charge < -0.3 is 15.1 Å². The molecule has 3 N–H and O–H groups in total. The van der Waals surface area contributed by atoms with Gasteiger partial charge in [0.1, 0.15) is 11.6 Å². The first kappa shape index (κ1) is 29.2. The van der Waals surface area contributed by atoms with Gasteiger partial charge in [0.05, 0.1) is 23.0 Å². The molecule has 0 radical (unpaired) electrons. The molecule has 1 aliphatic rings. The number of amides is 1. The molecule has 3 aromatic carbocycles. The van der Waals surface area contributed by atoms with Gasteiger partial charge in [-0.2, -0.15) is 5.10 Å². The van der Waals surface area contributed by atoms with E-state index in [1.165, 1.54) is 12.1 Å². The van der Waals surface area contributed by atoms with E-state index < -0.39 is 27.6 Å². The highest BCUT2D eigenvalue weighted by atomic mass is 35.5. The number of sulfonamides is 1. The molecule has 1 fully saturated rings. The first-order valence-electron chi connectivity index (χ1n) is 12.3. The van der Waals surface area contributed by atoms with Crippen molar-refractivity contribution in [3.8, 4) is 0 Å². The first-order valence-corrected chi connectivity index (χ1v) is 14.2. The lowest BCUT2D eigenvalue weighted by molar-refractivity contribution is 0.102. The van der Waals surface area contributed by atoms with Crippen LogP contribution >= 0.6 is 12.4 Å². The summed E-state index contributed by atoms with van der Waals surface area (Å²) in [4.78, 5) is 17.7. The molecule has 0 bridgehead atoms. The topological polar surface area (TPSA) is 110 Å². The minimum absolute atomic E-state index is 0. The quantitative estimate of drug-likeness (QED) is 0.297. The summed E-state index contributed by atoms with van der Waals surface area (Å²) >= 11 is 0. The summed E-state index contributed by atoms with van der Waals surface area (Å²) in [7, 11) is -1.61. The summed E-state index contributed by atoms with van der Waals surface area (Å²) in [6.45, 7) is 3.31. The highest BCUT2D eigenvalue weighted by Crippen LogP contribution is 2.28. The normalized spacial score (nSPS) is 14.2. The van der Waals surface area contributed by atoms with Crippen LogP contribution in [0.25, 0.3) is 10.9 Å². The number of nitrogens with zero attached hydrogens (tertiary/aromatic N) is 3. The number of aromatic amines is 1. The number of benzene rings is 3. The van der Waals surface area contributed by atoms with Gasteiger partial charge >= 0.3 is 0 Å². The number of H-pyrrole nitrogens is 1. The van der Waals surface area contributed by atoms with Crippen LogP contribution in [0.5, 0.6) is 0 Å². The zero-order valence-corrected chi connectivity index (χ0v) is 23.5. The second kappa shape index (κ2) is 11.8. The van der Waals surface area contributed by atoms with Crippen LogP contribution in [0.3, 0.4) is 0 Å². The van der Waals surface area contributed by atoms with E-state index in [0.717, 1.165) is 49.8 Å². The van der Waals surface area contributed by atoms with Gasteiger partial charge in [-0.3, -0.25) is 14.6 Å². The van der Waals surface area contributed by atoms with Gasteiger partial charge in [-0.05, 0) is 67.1 Å². The van der Waals surface area contributed by atoms with Crippen molar-refractivity contribution < 1.29 is 22.0 Å². The van der Waals surface area contributed by atoms with Gasteiger partial charge in [0.15, 0.2) is 5.82 Å². The summed E-state index contributed by atoms with van der Waals surface area (Å²) in [5.74, 6) is -1.60. The fourth-order valence-electron chi connectivity index (χ4n) is 4.67. The number of halogens is 3. The highest BCUT2D eigenvalue weighted by molar-refractivity contribution is 7.92. The number of hydrogen-bond acceptors (Lipinski definition) is 6. The summed E-state index contributed by atoms with van der Waals surface area (Å²) < 4.78 is 53.9. The third-order valence-electron chi connectivity index (χ3n) is 6.60. The lowest BCUT2D eigenvalue weighted by atomic mass is 10.0. The van der Waals surface area contributed by atoms with E-state index in [9.17, 15) is 22.0 Å². The molecule has 13 heteroatoms. The lowest BCUT2D eigenvalue weighted by Gasteiger charge is -2.34. The Balaban J connectivity index is 0.00000370. The van der Waals surface area contributed by atoms with Gasteiger partial charge in [0.25, 0.3) is 5.91 Å². The Morgan fingerprint density at radius 2 is 1.68 bits per heavy atom. The Bertz CT molecular complexity index is 1640. The SMILES string of the molecule is CN1CCN(c2ccc(C(=O)Nc3n[nH]c4ccc(Cc5cc(F)cc(F)c5)cc34)c(NS(C)(=O)=O)c2)CC1.Cl. The molecule has 40 heavy (non-hydrogen) atoms. The Morgan fingerprint density at radius 1 is 0.975 bits per heavy atom. The molecule has 212 valence electrons. The molecule has 0 saturated carbocycles. The number of fused-ring (bicyclic) bond motifs is 1. The molecule has 1 amide bonds. The molecular weight excluding hydrogens is 562 g/mol. The number of rotatable bonds is 7. The molecule has 5 rings (SSSR count). The number of aromatic nitrogens is 2. The Hall–Kier alpha value is -3.74. The number of hydrogen-bond donors (Lipinski definition) is 3. The van der Waals surface area contributed by atoms with Gasteiger partial charge in [-0.1, -0.05) is 6.07 Å². The van der Waals surface area contributed by atoms with E-state index in [1.54, 1.807) is 36.4 Å². The molecule has 1 aromatic heterocycles. The van der Waals surface area contributed by atoms with Crippen LogP contribution in [0, 0.1) is 11.6 Å². The molecule has 2 heterocycles. The van der Waals surface area contributed by atoms with Crippen LogP contribution < -0.4 is 14.9 Å². The summed E-state index contributed by atoms with van der Waals surface area (Å²) in [6, 6.07) is 13.8. The predicted molar refractivity (Wildman–Crippen MR) is 155 cm³/mol. The minimum Gasteiger partial charge on any atom is -0.369 e. The van der Waals surface area contributed by atoms with E-state index in [1.807, 2.05) is 7.05 Å². The van der Waals surface area contributed by atoms with Gasteiger partial charge in [-0.15, -0.1) is 12.4 Å². The lowest BCUT2D eigenvalue weighted by Crippen LogP contribution is -2.44. The average Bonchev–Trinajstić information content (AvgIpc) is 3.24. The Labute approximate surface area is 237 Å². The van der Waals surface area contributed by atoms with Crippen LogP contribution in [-0.4, -0.2) is 68.9 Å². The minimum atomic E-state index is -3.66. The molecule has 0 spiro atoms. The molecule has 1 aliphatic heterocycles. The van der Waals surface area contributed by atoms with Crippen LogP contribution in [0.1, 0.15) is 21.5 Å². The maximum atomic E-state index is 13.6. The van der Waals surface area contributed by atoms with Crippen LogP contribution in [0.4, 0.5) is 26.0 Å². The molecule has 0 unspecified atom stereocenters. The van der Waals surface area contributed by atoms with E-state index in [0.29, 0.717) is 16.5 Å². The summed E-state index contributed by atoms with van der Waals surface area (Å²) in [5.41, 5.74) is 3.01. The van der Waals surface area contributed by atoms with Crippen LogP contribution in [0.15, 0.2) is 54.6 Å². The predicted octanol–water partition coefficient (Wildman–Crippen LogP) is 4.23. The molecule has 0 aliphatic carbocycles. The van der Waals surface area contributed by atoms with E-state index >= 15 is 0 Å². The Kier molecular flexibility index (Phi) is 8.62. The van der Waals surface area contributed by atoms with Crippen molar-refractivity contribution in [3.63, 3.8) is 0 Å². The van der Waals surface area contributed by atoms with Crippen molar-refractivity contribution in [1.29, 1.82) is 0 Å². The van der Waals surface area contributed by atoms with E-state index in [4.69, 9.17) is 0 Å². The van der Waals surface area contributed by atoms with Crippen molar-refractivity contribution >= 4 is 56.4 Å².